The molecule has 1 N–H and O–H groups in total. The maximum Gasteiger partial charge on any atom is 0.118 e. The molecule has 0 aliphatic carbocycles. The van der Waals surface area contributed by atoms with E-state index in [0.717, 1.165) is 37.5 Å². The van der Waals surface area contributed by atoms with Crippen molar-refractivity contribution in [3.8, 4) is 0 Å². The Morgan fingerprint density at radius 1 is 1.41 bits per heavy atom. The molecule has 1 fully saturated rings. The van der Waals surface area contributed by atoms with Crippen LogP contribution in [-0.2, 0) is 16.0 Å². The summed E-state index contributed by atoms with van der Waals surface area (Å²) in [5.41, 5.74) is 0. The standard InChI is InChI=1S/C17H29NO4/c1-13(2)21-12-15(19)9-18(10-16-5-4-8-20-16)11-17-7-6-14(3)22-17/h6-7,13,15-16,19H,4-5,8-12H2,1-3H3/t15-,16-/m1/s1. The number of aliphatic hydroxyl groups excluding tert-OH is 1. The summed E-state index contributed by atoms with van der Waals surface area (Å²) in [7, 11) is 0. The van der Waals surface area contributed by atoms with E-state index in [1.165, 1.54) is 0 Å². The molecular formula is C17H29NO4. The lowest BCUT2D eigenvalue weighted by atomic mass is 10.2. The molecule has 5 heteroatoms. The monoisotopic (exact) mass is 311 g/mol. The Bertz CT molecular complexity index is 426. The fourth-order valence-corrected chi connectivity index (χ4v) is 2.72. The largest absolute Gasteiger partial charge is 0.465 e. The predicted molar refractivity (Wildman–Crippen MR) is 84.8 cm³/mol. The minimum atomic E-state index is -0.500. The van der Waals surface area contributed by atoms with Crippen LogP contribution in [0.3, 0.4) is 0 Å². The van der Waals surface area contributed by atoms with Crippen molar-refractivity contribution >= 4 is 0 Å². The van der Waals surface area contributed by atoms with Gasteiger partial charge in [-0.15, -0.1) is 0 Å². The van der Waals surface area contributed by atoms with Crippen molar-refractivity contribution in [2.75, 3.05) is 26.3 Å². The normalized spacial score (nSPS) is 20.2. The number of nitrogens with zero attached hydrogens (tertiary/aromatic N) is 1. The van der Waals surface area contributed by atoms with Crippen molar-refractivity contribution in [1.29, 1.82) is 0 Å². The first kappa shape index (κ1) is 17.5. The molecule has 1 aliphatic heterocycles. The average Bonchev–Trinajstić information content (AvgIpc) is 3.08. The van der Waals surface area contributed by atoms with E-state index in [9.17, 15) is 5.11 Å². The lowest BCUT2D eigenvalue weighted by molar-refractivity contribution is -0.0181. The zero-order valence-corrected chi connectivity index (χ0v) is 14.0. The Labute approximate surface area is 133 Å². The molecule has 1 aromatic heterocycles. The van der Waals surface area contributed by atoms with E-state index in [1.807, 2.05) is 32.9 Å². The topological polar surface area (TPSA) is 55.1 Å². The first-order valence-corrected chi connectivity index (χ1v) is 8.22. The molecule has 2 heterocycles. The maximum atomic E-state index is 10.2. The quantitative estimate of drug-likeness (QED) is 0.759. The van der Waals surface area contributed by atoms with Gasteiger partial charge in [-0.05, 0) is 45.7 Å². The van der Waals surface area contributed by atoms with E-state index >= 15 is 0 Å². The van der Waals surface area contributed by atoms with Crippen LogP contribution in [0.1, 0.15) is 38.2 Å². The van der Waals surface area contributed by atoms with Gasteiger partial charge in [0.1, 0.15) is 11.5 Å². The first-order valence-electron chi connectivity index (χ1n) is 8.22. The molecule has 0 saturated carbocycles. The highest BCUT2D eigenvalue weighted by molar-refractivity contribution is 5.05. The zero-order chi connectivity index (χ0) is 15.9. The fraction of sp³-hybridized carbons (Fsp3) is 0.765. The molecular weight excluding hydrogens is 282 g/mol. The fourth-order valence-electron chi connectivity index (χ4n) is 2.72. The van der Waals surface area contributed by atoms with Gasteiger partial charge in [0.15, 0.2) is 0 Å². The lowest BCUT2D eigenvalue weighted by Crippen LogP contribution is -2.39. The summed E-state index contributed by atoms with van der Waals surface area (Å²) in [6.45, 7) is 9.16. The lowest BCUT2D eigenvalue weighted by Gasteiger charge is -2.27. The number of furan rings is 1. The molecule has 0 spiro atoms. The van der Waals surface area contributed by atoms with Crippen molar-refractivity contribution in [3.63, 3.8) is 0 Å². The molecule has 0 radical (unpaired) electrons. The second-order valence-electron chi connectivity index (χ2n) is 6.38. The van der Waals surface area contributed by atoms with Crippen LogP contribution in [0.2, 0.25) is 0 Å². The summed E-state index contributed by atoms with van der Waals surface area (Å²) in [6, 6.07) is 3.97. The van der Waals surface area contributed by atoms with Crippen LogP contribution < -0.4 is 0 Å². The zero-order valence-electron chi connectivity index (χ0n) is 14.0. The van der Waals surface area contributed by atoms with Gasteiger partial charge in [0, 0.05) is 19.7 Å². The Balaban J connectivity index is 1.88. The molecule has 0 bridgehead atoms. The van der Waals surface area contributed by atoms with E-state index in [-0.39, 0.29) is 12.2 Å². The molecule has 0 unspecified atom stereocenters. The average molecular weight is 311 g/mol. The van der Waals surface area contributed by atoms with Gasteiger partial charge in [-0.25, -0.2) is 0 Å². The highest BCUT2D eigenvalue weighted by Crippen LogP contribution is 2.16. The number of rotatable bonds is 9. The third-order valence-electron chi connectivity index (χ3n) is 3.75. The molecule has 1 aromatic rings. The van der Waals surface area contributed by atoms with E-state index < -0.39 is 6.10 Å². The van der Waals surface area contributed by atoms with E-state index in [0.29, 0.717) is 19.7 Å². The Morgan fingerprint density at radius 3 is 2.82 bits per heavy atom. The van der Waals surface area contributed by atoms with Gasteiger partial charge < -0.3 is 19.0 Å². The molecule has 126 valence electrons. The summed E-state index contributed by atoms with van der Waals surface area (Å²) in [5.74, 6) is 1.84. The highest BCUT2D eigenvalue weighted by atomic mass is 16.5. The minimum absolute atomic E-state index is 0.133. The summed E-state index contributed by atoms with van der Waals surface area (Å²) < 4.78 is 16.9. The second kappa shape index (κ2) is 8.67. The van der Waals surface area contributed by atoms with Crippen molar-refractivity contribution in [2.24, 2.45) is 0 Å². The van der Waals surface area contributed by atoms with E-state index in [4.69, 9.17) is 13.9 Å². The Kier molecular flexibility index (Phi) is 6.89. The van der Waals surface area contributed by atoms with Gasteiger partial charge in [-0.3, -0.25) is 4.90 Å². The summed E-state index contributed by atoms with van der Waals surface area (Å²) >= 11 is 0. The van der Waals surface area contributed by atoms with Crippen molar-refractivity contribution in [2.45, 2.75) is 58.5 Å². The third-order valence-corrected chi connectivity index (χ3v) is 3.75. The summed E-state index contributed by atoms with van der Waals surface area (Å²) in [4.78, 5) is 2.20. The van der Waals surface area contributed by atoms with Gasteiger partial charge >= 0.3 is 0 Å². The van der Waals surface area contributed by atoms with Gasteiger partial charge in [0.05, 0.1) is 31.5 Å². The third kappa shape index (κ3) is 6.08. The Hall–Kier alpha value is -0.880. The number of aliphatic hydroxyl groups is 1. The number of hydrogen-bond donors (Lipinski definition) is 1. The molecule has 0 amide bonds. The molecule has 1 aliphatic rings. The van der Waals surface area contributed by atoms with Crippen molar-refractivity contribution in [1.82, 2.24) is 4.90 Å². The summed E-state index contributed by atoms with van der Waals surface area (Å²) in [6.07, 6.45) is 2.10. The minimum Gasteiger partial charge on any atom is -0.465 e. The molecule has 2 atom stereocenters. The molecule has 5 nitrogen and oxygen atoms in total. The molecule has 22 heavy (non-hydrogen) atoms. The number of ether oxygens (including phenoxy) is 2. The van der Waals surface area contributed by atoms with Crippen molar-refractivity contribution < 1.29 is 19.0 Å². The smallest absolute Gasteiger partial charge is 0.118 e. The van der Waals surface area contributed by atoms with Gasteiger partial charge in [-0.2, -0.15) is 0 Å². The van der Waals surface area contributed by atoms with Crippen molar-refractivity contribution in [3.05, 3.63) is 23.7 Å². The van der Waals surface area contributed by atoms with Gasteiger partial charge in [-0.1, -0.05) is 0 Å². The van der Waals surface area contributed by atoms with Crippen LogP contribution in [0.15, 0.2) is 16.5 Å². The predicted octanol–water partition coefficient (Wildman–Crippen LogP) is 2.35. The van der Waals surface area contributed by atoms with Crippen LogP contribution in [0, 0.1) is 6.92 Å². The molecule has 0 aromatic carbocycles. The molecule has 1 saturated heterocycles. The van der Waals surface area contributed by atoms with Crippen LogP contribution in [-0.4, -0.2) is 54.6 Å². The highest BCUT2D eigenvalue weighted by Gasteiger charge is 2.22. The van der Waals surface area contributed by atoms with Gasteiger partial charge in [0.25, 0.3) is 0 Å². The van der Waals surface area contributed by atoms with E-state index in [2.05, 4.69) is 4.90 Å². The molecule has 2 rings (SSSR count). The number of hydrogen-bond acceptors (Lipinski definition) is 5. The maximum absolute atomic E-state index is 10.2. The summed E-state index contributed by atoms with van der Waals surface area (Å²) in [5, 5.41) is 10.2. The first-order chi connectivity index (χ1) is 10.5. The van der Waals surface area contributed by atoms with Crippen LogP contribution >= 0.6 is 0 Å². The van der Waals surface area contributed by atoms with Gasteiger partial charge in [0.2, 0.25) is 0 Å². The second-order valence-corrected chi connectivity index (χ2v) is 6.38. The van der Waals surface area contributed by atoms with Crippen LogP contribution in [0.5, 0.6) is 0 Å². The van der Waals surface area contributed by atoms with E-state index in [1.54, 1.807) is 0 Å². The van der Waals surface area contributed by atoms with Crippen LogP contribution in [0.25, 0.3) is 0 Å². The van der Waals surface area contributed by atoms with Crippen LogP contribution in [0.4, 0.5) is 0 Å². The number of aryl methyl sites for hydroxylation is 1. The Morgan fingerprint density at radius 2 is 2.23 bits per heavy atom. The SMILES string of the molecule is Cc1ccc(CN(C[C@@H](O)COC(C)C)C[C@H]2CCCO2)o1.